The molecule has 0 aliphatic rings. The average molecular weight is 290 g/mol. The van der Waals surface area contributed by atoms with Crippen molar-refractivity contribution < 1.29 is 18.7 Å². The van der Waals surface area contributed by atoms with Crippen LogP contribution in [0, 0.1) is 5.82 Å². The second-order valence-electron chi connectivity index (χ2n) is 3.80. The molecule has 6 heteroatoms. The van der Waals surface area contributed by atoms with Crippen LogP contribution >= 0.6 is 11.6 Å². The summed E-state index contributed by atoms with van der Waals surface area (Å²) in [6.45, 7) is 2.87. The van der Waals surface area contributed by atoms with Crippen molar-refractivity contribution in [2.24, 2.45) is 0 Å². The van der Waals surface area contributed by atoms with Crippen LogP contribution in [0.1, 0.15) is 18.5 Å². The lowest BCUT2D eigenvalue weighted by molar-refractivity contribution is -0.145. The molecule has 106 valence electrons. The molecule has 0 saturated heterocycles. The average Bonchev–Trinajstić information content (AvgIpc) is 2.36. The lowest BCUT2D eigenvalue weighted by atomic mass is 10.1. The Labute approximate surface area is 116 Å². The summed E-state index contributed by atoms with van der Waals surface area (Å²) in [4.78, 5) is 11.9. The van der Waals surface area contributed by atoms with Gasteiger partial charge in [-0.2, -0.15) is 0 Å². The fourth-order valence-electron chi connectivity index (χ4n) is 1.59. The summed E-state index contributed by atoms with van der Waals surface area (Å²) in [5.41, 5.74) is 0.484. The van der Waals surface area contributed by atoms with Crippen molar-refractivity contribution in [2.45, 2.75) is 13.0 Å². The Morgan fingerprint density at radius 3 is 2.84 bits per heavy atom. The standard InChI is InChI=1S/C13H17ClFNO3/c1-3-19-13(17)12(16-6-7-18-2)10-5-4-9(15)8-11(10)14/h4-5,8,12,16H,3,6-7H2,1-2H3. The molecule has 0 bridgehead atoms. The highest BCUT2D eigenvalue weighted by molar-refractivity contribution is 6.31. The van der Waals surface area contributed by atoms with Crippen molar-refractivity contribution in [3.05, 3.63) is 34.6 Å². The van der Waals surface area contributed by atoms with Gasteiger partial charge in [0, 0.05) is 18.7 Å². The number of carbonyl (C=O) groups excluding carboxylic acids is 1. The van der Waals surface area contributed by atoms with Crippen LogP contribution in [0.2, 0.25) is 5.02 Å². The van der Waals surface area contributed by atoms with Crippen LogP contribution < -0.4 is 5.32 Å². The molecule has 0 fully saturated rings. The van der Waals surface area contributed by atoms with Crippen molar-refractivity contribution in [2.75, 3.05) is 26.9 Å². The van der Waals surface area contributed by atoms with E-state index in [1.54, 1.807) is 14.0 Å². The summed E-state index contributed by atoms with van der Waals surface area (Å²) >= 11 is 5.96. The first-order chi connectivity index (χ1) is 9.10. The van der Waals surface area contributed by atoms with E-state index in [1.807, 2.05) is 0 Å². The van der Waals surface area contributed by atoms with E-state index in [4.69, 9.17) is 21.1 Å². The van der Waals surface area contributed by atoms with Gasteiger partial charge in [0.1, 0.15) is 11.9 Å². The second-order valence-corrected chi connectivity index (χ2v) is 4.21. The summed E-state index contributed by atoms with van der Waals surface area (Å²) in [6.07, 6.45) is 0. The van der Waals surface area contributed by atoms with Gasteiger partial charge in [-0.1, -0.05) is 17.7 Å². The zero-order valence-corrected chi connectivity index (χ0v) is 11.7. The van der Waals surface area contributed by atoms with E-state index in [-0.39, 0.29) is 11.6 Å². The van der Waals surface area contributed by atoms with Crippen LogP contribution in [0.25, 0.3) is 0 Å². The first kappa shape index (κ1) is 15.9. The lowest BCUT2D eigenvalue weighted by Gasteiger charge is -2.18. The molecule has 0 heterocycles. The van der Waals surface area contributed by atoms with Gasteiger partial charge in [0.2, 0.25) is 0 Å². The maximum absolute atomic E-state index is 13.0. The van der Waals surface area contributed by atoms with E-state index in [2.05, 4.69) is 5.32 Å². The number of methoxy groups -OCH3 is 1. The SMILES string of the molecule is CCOC(=O)C(NCCOC)c1ccc(F)cc1Cl. The highest BCUT2D eigenvalue weighted by Crippen LogP contribution is 2.24. The molecule has 0 aliphatic heterocycles. The molecule has 0 radical (unpaired) electrons. The number of hydrogen-bond donors (Lipinski definition) is 1. The molecule has 1 aromatic carbocycles. The number of hydrogen-bond acceptors (Lipinski definition) is 4. The zero-order valence-electron chi connectivity index (χ0n) is 10.9. The molecular formula is C13H17ClFNO3. The third kappa shape index (κ3) is 4.78. The molecule has 1 unspecified atom stereocenters. The summed E-state index contributed by atoms with van der Waals surface area (Å²) < 4.78 is 22.9. The van der Waals surface area contributed by atoms with Crippen LogP contribution in [0.5, 0.6) is 0 Å². The Kier molecular flexibility index (Phi) is 6.77. The maximum atomic E-state index is 13.0. The topological polar surface area (TPSA) is 47.6 Å². The molecular weight excluding hydrogens is 273 g/mol. The molecule has 1 N–H and O–H groups in total. The highest BCUT2D eigenvalue weighted by atomic mass is 35.5. The molecule has 0 aromatic heterocycles. The van der Waals surface area contributed by atoms with E-state index in [0.717, 1.165) is 0 Å². The van der Waals surface area contributed by atoms with E-state index in [9.17, 15) is 9.18 Å². The molecule has 0 spiro atoms. The second kappa shape index (κ2) is 8.09. The van der Waals surface area contributed by atoms with Crippen molar-refractivity contribution in [1.29, 1.82) is 0 Å². The number of halogens is 2. The Bertz CT molecular complexity index is 428. The fourth-order valence-corrected chi connectivity index (χ4v) is 1.86. The molecule has 1 aromatic rings. The van der Waals surface area contributed by atoms with E-state index < -0.39 is 17.8 Å². The van der Waals surface area contributed by atoms with Gasteiger partial charge in [-0.25, -0.2) is 9.18 Å². The Balaban J connectivity index is 2.90. The fraction of sp³-hybridized carbons (Fsp3) is 0.462. The van der Waals surface area contributed by atoms with Gasteiger partial charge in [0.25, 0.3) is 0 Å². The van der Waals surface area contributed by atoms with Gasteiger partial charge in [0.15, 0.2) is 0 Å². The number of carbonyl (C=O) groups is 1. The predicted octanol–water partition coefficient (Wildman–Crippen LogP) is 2.32. The van der Waals surface area contributed by atoms with Gasteiger partial charge < -0.3 is 9.47 Å². The van der Waals surface area contributed by atoms with Crippen molar-refractivity contribution >= 4 is 17.6 Å². The Morgan fingerprint density at radius 1 is 1.53 bits per heavy atom. The molecule has 4 nitrogen and oxygen atoms in total. The molecule has 1 atom stereocenters. The van der Waals surface area contributed by atoms with Crippen LogP contribution in [-0.4, -0.2) is 32.8 Å². The van der Waals surface area contributed by atoms with Crippen molar-refractivity contribution in [3.8, 4) is 0 Å². The summed E-state index contributed by atoms with van der Waals surface area (Å²) in [6, 6.07) is 3.16. The minimum Gasteiger partial charge on any atom is -0.465 e. The number of ether oxygens (including phenoxy) is 2. The monoisotopic (exact) mass is 289 g/mol. The molecule has 0 saturated carbocycles. The van der Waals surface area contributed by atoms with E-state index in [0.29, 0.717) is 18.7 Å². The summed E-state index contributed by atoms with van der Waals surface area (Å²) in [5.74, 6) is -0.902. The van der Waals surface area contributed by atoms with Crippen molar-refractivity contribution in [3.63, 3.8) is 0 Å². The van der Waals surface area contributed by atoms with Crippen LogP contribution in [0.15, 0.2) is 18.2 Å². The minimum absolute atomic E-state index is 0.183. The van der Waals surface area contributed by atoms with Crippen LogP contribution in [0.4, 0.5) is 4.39 Å². The smallest absolute Gasteiger partial charge is 0.327 e. The van der Waals surface area contributed by atoms with Crippen LogP contribution in [0.3, 0.4) is 0 Å². The molecule has 1 rings (SSSR count). The maximum Gasteiger partial charge on any atom is 0.327 e. The largest absolute Gasteiger partial charge is 0.465 e. The van der Waals surface area contributed by atoms with E-state index in [1.165, 1.54) is 18.2 Å². The number of esters is 1. The molecule has 0 aliphatic carbocycles. The number of rotatable bonds is 7. The van der Waals surface area contributed by atoms with Gasteiger partial charge in [0.05, 0.1) is 13.2 Å². The quantitative estimate of drug-likeness (QED) is 0.618. The normalized spacial score (nSPS) is 12.2. The van der Waals surface area contributed by atoms with Crippen LogP contribution in [-0.2, 0) is 14.3 Å². The Morgan fingerprint density at radius 2 is 2.26 bits per heavy atom. The van der Waals surface area contributed by atoms with Gasteiger partial charge in [-0.05, 0) is 24.6 Å². The predicted molar refractivity (Wildman–Crippen MR) is 70.7 cm³/mol. The highest BCUT2D eigenvalue weighted by Gasteiger charge is 2.23. The first-order valence-electron chi connectivity index (χ1n) is 5.94. The van der Waals surface area contributed by atoms with Gasteiger partial charge in [-0.3, -0.25) is 5.32 Å². The third-order valence-electron chi connectivity index (χ3n) is 2.45. The summed E-state index contributed by atoms with van der Waals surface area (Å²) in [7, 11) is 1.56. The first-order valence-corrected chi connectivity index (χ1v) is 6.31. The molecule has 19 heavy (non-hydrogen) atoms. The molecule has 0 amide bonds. The van der Waals surface area contributed by atoms with Gasteiger partial charge in [-0.15, -0.1) is 0 Å². The zero-order chi connectivity index (χ0) is 14.3. The number of nitrogens with one attached hydrogen (secondary N) is 1. The lowest BCUT2D eigenvalue weighted by Crippen LogP contribution is -2.32. The number of benzene rings is 1. The minimum atomic E-state index is -0.733. The Hall–Kier alpha value is -1.17. The third-order valence-corrected chi connectivity index (χ3v) is 2.78. The van der Waals surface area contributed by atoms with Crippen molar-refractivity contribution in [1.82, 2.24) is 5.32 Å². The van der Waals surface area contributed by atoms with E-state index >= 15 is 0 Å². The van der Waals surface area contributed by atoms with Gasteiger partial charge >= 0.3 is 5.97 Å². The summed E-state index contributed by atoms with van der Waals surface area (Å²) in [5, 5.41) is 3.16.